The molecule has 1 heterocycles. The molecular formula is C13H19BrN2O. The van der Waals surface area contributed by atoms with E-state index in [0.29, 0.717) is 6.04 Å². The average Bonchev–Trinajstić information content (AvgIpc) is 2.32. The Hall–Kier alpha value is -0.580. The quantitative estimate of drug-likeness (QED) is 0.906. The fourth-order valence-corrected chi connectivity index (χ4v) is 2.85. The lowest BCUT2D eigenvalue weighted by molar-refractivity contribution is 0.234. The van der Waals surface area contributed by atoms with E-state index >= 15 is 0 Å². The maximum atomic E-state index is 9.10. The van der Waals surface area contributed by atoms with Crippen molar-refractivity contribution in [1.82, 2.24) is 4.90 Å². The smallest absolute Gasteiger partial charge is 0.0682 e. The maximum absolute atomic E-state index is 9.10. The Morgan fingerprint density at radius 1 is 1.41 bits per heavy atom. The Labute approximate surface area is 111 Å². The van der Waals surface area contributed by atoms with E-state index in [0.717, 1.165) is 29.7 Å². The van der Waals surface area contributed by atoms with Crippen LogP contribution in [0.1, 0.15) is 12.5 Å². The number of halogens is 1. The molecule has 1 unspecified atom stereocenters. The van der Waals surface area contributed by atoms with Gasteiger partial charge in [0.1, 0.15) is 0 Å². The van der Waals surface area contributed by atoms with Crippen molar-refractivity contribution in [2.45, 2.75) is 19.6 Å². The Bertz CT molecular complexity index is 397. The Kier molecular flexibility index (Phi) is 4.07. The first-order valence-electron chi connectivity index (χ1n) is 5.96. The first-order chi connectivity index (χ1) is 8.11. The van der Waals surface area contributed by atoms with Crippen molar-refractivity contribution >= 4 is 21.6 Å². The van der Waals surface area contributed by atoms with Crippen LogP contribution in [0.2, 0.25) is 0 Å². The Morgan fingerprint density at radius 3 is 2.76 bits per heavy atom. The lowest BCUT2D eigenvalue weighted by atomic mass is 10.1. The number of nitrogens with zero attached hydrogens (tertiary/aromatic N) is 2. The molecule has 2 rings (SSSR count). The summed E-state index contributed by atoms with van der Waals surface area (Å²) in [6.07, 6.45) is 0. The zero-order chi connectivity index (χ0) is 12.4. The topological polar surface area (TPSA) is 26.7 Å². The van der Waals surface area contributed by atoms with Crippen molar-refractivity contribution in [1.29, 1.82) is 0 Å². The highest BCUT2D eigenvalue weighted by molar-refractivity contribution is 9.10. The van der Waals surface area contributed by atoms with Crippen molar-refractivity contribution < 1.29 is 5.11 Å². The van der Waals surface area contributed by atoms with Crippen molar-refractivity contribution in [3.8, 4) is 0 Å². The summed E-state index contributed by atoms with van der Waals surface area (Å²) in [6, 6.07) is 6.66. The van der Waals surface area contributed by atoms with Gasteiger partial charge in [0.2, 0.25) is 0 Å². The highest BCUT2D eigenvalue weighted by Crippen LogP contribution is 2.29. The number of hydrogen-bond acceptors (Lipinski definition) is 3. The van der Waals surface area contributed by atoms with Crippen molar-refractivity contribution in [3.05, 3.63) is 28.2 Å². The molecule has 1 aromatic rings. The van der Waals surface area contributed by atoms with Crippen LogP contribution in [0, 0.1) is 0 Å². The standard InChI is InChI=1S/C13H19BrN2O/c1-10-8-16(6-5-15(10)2)13-4-3-11(9-17)7-12(13)14/h3-4,7,10,17H,5-6,8-9H2,1-2H3. The summed E-state index contributed by atoms with van der Waals surface area (Å²) in [6.45, 7) is 5.54. The summed E-state index contributed by atoms with van der Waals surface area (Å²) in [5.41, 5.74) is 2.17. The summed E-state index contributed by atoms with van der Waals surface area (Å²) < 4.78 is 1.07. The first-order valence-corrected chi connectivity index (χ1v) is 6.75. The van der Waals surface area contributed by atoms with Crippen molar-refractivity contribution in [2.24, 2.45) is 0 Å². The second kappa shape index (κ2) is 5.38. The van der Waals surface area contributed by atoms with Crippen LogP contribution in [0.4, 0.5) is 5.69 Å². The zero-order valence-electron chi connectivity index (χ0n) is 10.4. The van der Waals surface area contributed by atoms with Crippen LogP contribution >= 0.6 is 15.9 Å². The molecule has 0 aliphatic carbocycles. The molecule has 1 fully saturated rings. The fourth-order valence-electron chi connectivity index (χ4n) is 2.17. The molecule has 3 nitrogen and oxygen atoms in total. The molecule has 1 aromatic carbocycles. The van der Waals surface area contributed by atoms with Gasteiger partial charge in [0, 0.05) is 30.1 Å². The normalized spacial score (nSPS) is 21.9. The van der Waals surface area contributed by atoms with Gasteiger partial charge in [0.15, 0.2) is 0 Å². The molecule has 94 valence electrons. The van der Waals surface area contributed by atoms with Crippen LogP contribution in [0.5, 0.6) is 0 Å². The van der Waals surface area contributed by atoms with Gasteiger partial charge in [0.25, 0.3) is 0 Å². The highest BCUT2D eigenvalue weighted by atomic mass is 79.9. The van der Waals surface area contributed by atoms with Crippen LogP contribution in [0.3, 0.4) is 0 Å². The number of piperazine rings is 1. The molecule has 1 N–H and O–H groups in total. The fraction of sp³-hybridized carbons (Fsp3) is 0.538. The number of aliphatic hydroxyl groups is 1. The summed E-state index contributed by atoms with van der Waals surface area (Å²) in [5.74, 6) is 0. The lowest BCUT2D eigenvalue weighted by Crippen LogP contribution is -2.50. The zero-order valence-corrected chi connectivity index (χ0v) is 11.9. The molecule has 1 aliphatic heterocycles. The molecule has 1 atom stereocenters. The van der Waals surface area contributed by atoms with Gasteiger partial charge in [-0.3, -0.25) is 0 Å². The van der Waals surface area contributed by atoms with E-state index in [-0.39, 0.29) is 6.61 Å². The van der Waals surface area contributed by atoms with Gasteiger partial charge in [0.05, 0.1) is 12.3 Å². The van der Waals surface area contributed by atoms with Gasteiger partial charge in [-0.1, -0.05) is 6.07 Å². The van der Waals surface area contributed by atoms with E-state index in [1.54, 1.807) is 0 Å². The minimum atomic E-state index is 0.0953. The molecule has 1 saturated heterocycles. The highest BCUT2D eigenvalue weighted by Gasteiger charge is 2.21. The van der Waals surface area contributed by atoms with E-state index in [4.69, 9.17) is 5.11 Å². The molecule has 0 amide bonds. The molecule has 0 saturated carbocycles. The van der Waals surface area contributed by atoms with E-state index in [2.05, 4.69) is 45.8 Å². The third kappa shape index (κ3) is 2.81. The van der Waals surface area contributed by atoms with E-state index in [1.807, 2.05) is 12.1 Å². The monoisotopic (exact) mass is 298 g/mol. The molecule has 0 bridgehead atoms. The third-order valence-electron chi connectivity index (χ3n) is 3.50. The number of hydrogen-bond donors (Lipinski definition) is 1. The first kappa shape index (κ1) is 12.9. The van der Waals surface area contributed by atoms with Gasteiger partial charge < -0.3 is 14.9 Å². The number of benzene rings is 1. The molecular weight excluding hydrogens is 280 g/mol. The van der Waals surface area contributed by atoms with Crippen molar-refractivity contribution in [3.63, 3.8) is 0 Å². The van der Waals surface area contributed by atoms with Crippen molar-refractivity contribution in [2.75, 3.05) is 31.6 Å². The lowest BCUT2D eigenvalue weighted by Gasteiger charge is -2.39. The predicted molar refractivity (Wildman–Crippen MR) is 74.4 cm³/mol. The predicted octanol–water partition coefficient (Wildman–Crippen LogP) is 2.08. The molecule has 0 radical (unpaired) electrons. The SMILES string of the molecule is CC1CN(c2ccc(CO)cc2Br)CCN1C. The van der Waals surface area contributed by atoms with Crippen LogP contribution in [-0.2, 0) is 6.61 Å². The van der Waals surface area contributed by atoms with Gasteiger partial charge >= 0.3 is 0 Å². The summed E-state index contributed by atoms with van der Waals surface area (Å²) in [7, 11) is 2.17. The minimum absolute atomic E-state index is 0.0953. The van der Waals surface area contributed by atoms with E-state index < -0.39 is 0 Å². The van der Waals surface area contributed by atoms with Gasteiger partial charge in [-0.15, -0.1) is 0 Å². The largest absolute Gasteiger partial charge is 0.392 e. The average molecular weight is 299 g/mol. The Morgan fingerprint density at radius 2 is 2.18 bits per heavy atom. The van der Waals surface area contributed by atoms with Crippen LogP contribution in [0.15, 0.2) is 22.7 Å². The second-order valence-corrected chi connectivity index (χ2v) is 5.57. The maximum Gasteiger partial charge on any atom is 0.0682 e. The summed E-state index contributed by atoms with van der Waals surface area (Å²) in [5, 5.41) is 9.10. The Balaban J connectivity index is 2.17. The van der Waals surface area contributed by atoms with Crippen LogP contribution < -0.4 is 4.90 Å². The van der Waals surface area contributed by atoms with Gasteiger partial charge in [-0.25, -0.2) is 0 Å². The van der Waals surface area contributed by atoms with Gasteiger partial charge in [-0.05, 0) is 47.6 Å². The molecule has 4 heteroatoms. The number of rotatable bonds is 2. The van der Waals surface area contributed by atoms with E-state index in [9.17, 15) is 0 Å². The van der Waals surface area contributed by atoms with Gasteiger partial charge in [-0.2, -0.15) is 0 Å². The minimum Gasteiger partial charge on any atom is -0.392 e. The molecule has 0 aromatic heterocycles. The number of likely N-dealkylation sites (N-methyl/N-ethyl adjacent to an activating group) is 1. The number of anilines is 1. The third-order valence-corrected chi connectivity index (χ3v) is 4.13. The molecule has 17 heavy (non-hydrogen) atoms. The summed E-state index contributed by atoms with van der Waals surface area (Å²) in [4.78, 5) is 4.78. The van der Waals surface area contributed by atoms with Crippen LogP contribution in [0.25, 0.3) is 0 Å². The summed E-state index contributed by atoms with van der Waals surface area (Å²) >= 11 is 3.59. The van der Waals surface area contributed by atoms with Crippen LogP contribution in [-0.4, -0.2) is 42.7 Å². The van der Waals surface area contributed by atoms with E-state index in [1.165, 1.54) is 5.69 Å². The molecule has 0 spiro atoms. The second-order valence-electron chi connectivity index (χ2n) is 4.72. The number of aliphatic hydroxyl groups excluding tert-OH is 1. The molecule has 1 aliphatic rings.